The van der Waals surface area contributed by atoms with E-state index in [1.807, 2.05) is 49.3 Å². The van der Waals surface area contributed by atoms with Crippen LogP contribution in [0.2, 0.25) is 0 Å². The predicted octanol–water partition coefficient (Wildman–Crippen LogP) is 3.54. The SMILES string of the molecule is CN(C)c1cccc(C2CCCN2C(=O)C(N)c2ccccc2)c1.Cl. The molecule has 1 aliphatic heterocycles. The fourth-order valence-electron chi connectivity index (χ4n) is 3.37. The molecular formula is C20H26ClN3O. The van der Waals surface area contributed by atoms with Crippen LogP contribution in [0.5, 0.6) is 0 Å². The van der Waals surface area contributed by atoms with Gasteiger partial charge in [0.1, 0.15) is 6.04 Å². The molecule has 2 aromatic carbocycles. The summed E-state index contributed by atoms with van der Waals surface area (Å²) in [6, 6.07) is 17.6. The summed E-state index contributed by atoms with van der Waals surface area (Å²) in [4.78, 5) is 17.0. The number of rotatable bonds is 4. The Bertz CT molecular complexity index is 705. The van der Waals surface area contributed by atoms with E-state index in [0.29, 0.717) is 0 Å². The Morgan fingerprint density at radius 2 is 1.88 bits per heavy atom. The minimum Gasteiger partial charge on any atom is -0.378 e. The molecule has 0 spiro atoms. The maximum Gasteiger partial charge on any atom is 0.244 e. The molecule has 1 saturated heterocycles. The fourth-order valence-corrected chi connectivity index (χ4v) is 3.37. The van der Waals surface area contributed by atoms with Crippen molar-refractivity contribution < 1.29 is 4.79 Å². The van der Waals surface area contributed by atoms with Gasteiger partial charge in [-0.1, -0.05) is 42.5 Å². The standard InChI is InChI=1S/C20H25N3O.ClH/c1-22(2)17-11-6-10-16(14-17)18-12-7-13-23(18)20(24)19(21)15-8-4-3-5-9-15;/h3-6,8-11,14,18-19H,7,12-13,21H2,1-2H3;1H. The van der Waals surface area contributed by atoms with E-state index in [9.17, 15) is 4.79 Å². The molecule has 0 radical (unpaired) electrons. The molecule has 4 nitrogen and oxygen atoms in total. The summed E-state index contributed by atoms with van der Waals surface area (Å²) in [5.41, 5.74) is 9.45. The quantitative estimate of drug-likeness (QED) is 0.908. The molecule has 134 valence electrons. The minimum atomic E-state index is -0.594. The Labute approximate surface area is 156 Å². The van der Waals surface area contributed by atoms with Crippen LogP contribution in [0.1, 0.15) is 36.1 Å². The highest BCUT2D eigenvalue weighted by Crippen LogP contribution is 2.35. The molecule has 1 amide bonds. The van der Waals surface area contributed by atoms with Crippen LogP contribution in [0.3, 0.4) is 0 Å². The summed E-state index contributed by atoms with van der Waals surface area (Å²) in [6.07, 6.45) is 2.01. The number of halogens is 1. The molecule has 0 saturated carbocycles. The van der Waals surface area contributed by atoms with Gasteiger partial charge in [-0.15, -0.1) is 12.4 Å². The Hall–Kier alpha value is -2.04. The predicted molar refractivity (Wildman–Crippen MR) is 105 cm³/mol. The molecule has 0 bridgehead atoms. The van der Waals surface area contributed by atoms with Crippen molar-refractivity contribution in [3.63, 3.8) is 0 Å². The van der Waals surface area contributed by atoms with E-state index >= 15 is 0 Å². The second-order valence-corrected chi connectivity index (χ2v) is 6.57. The highest BCUT2D eigenvalue weighted by Gasteiger charge is 2.33. The average molecular weight is 360 g/mol. The van der Waals surface area contributed by atoms with Crippen LogP contribution in [0.25, 0.3) is 0 Å². The largest absolute Gasteiger partial charge is 0.378 e. The zero-order chi connectivity index (χ0) is 17.1. The van der Waals surface area contributed by atoms with Crippen molar-refractivity contribution in [1.29, 1.82) is 0 Å². The number of nitrogens with two attached hydrogens (primary N) is 1. The van der Waals surface area contributed by atoms with E-state index in [1.165, 1.54) is 5.56 Å². The summed E-state index contributed by atoms with van der Waals surface area (Å²) in [7, 11) is 4.06. The molecular weight excluding hydrogens is 334 g/mol. The zero-order valence-corrected chi connectivity index (χ0v) is 15.6. The molecule has 0 aromatic heterocycles. The summed E-state index contributed by atoms with van der Waals surface area (Å²) < 4.78 is 0. The first kappa shape index (κ1) is 19.3. The second kappa shape index (κ2) is 8.37. The van der Waals surface area contributed by atoms with Crippen molar-refractivity contribution in [3.05, 3.63) is 65.7 Å². The van der Waals surface area contributed by atoms with Crippen molar-refractivity contribution in [2.24, 2.45) is 5.73 Å². The van der Waals surface area contributed by atoms with Crippen molar-refractivity contribution >= 4 is 24.0 Å². The van der Waals surface area contributed by atoms with Crippen LogP contribution in [-0.4, -0.2) is 31.4 Å². The van der Waals surface area contributed by atoms with Gasteiger partial charge in [0.25, 0.3) is 0 Å². The molecule has 2 unspecified atom stereocenters. The van der Waals surface area contributed by atoms with E-state index in [-0.39, 0.29) is 24.4 Å². The summed E-state index contributed by atoms with van der Waals surface area (Å²) >= 11 is 0. The molecule has 25 heavy (non-hydrogen) atoms. The number of hydrogen-bond acceptors (Lipinski definition) is 3. The van der Waals surface area contributed by atoms with Gasteiger partial charge in [-0.25, -0.2) is 0 Å². The maximum atomic E-state index is 12.9. The van der Waals surface area contributed by atoms with Crippen LogP contribution in [-0.2, 0) is 4.79 Å². The molecule has 5 heteroatoms. The van der Waals surface area contributed by atoms with E-state index in [1.54, 1.807) is 0 Å². The van der Waals surface area contributed by atoms with Gasteiger partial charge in [0.15, 0.2) is 0 Å². The highest BCUT2D eigenvalue weighted by molar-refractivity contribution is 5.85. The Balaban J connectivity index is 0.00000225. The Morgan fingerprint density at radius 3 is 2.56 bits per heavy atom. The molecule has 2 N–H and O–H groups in total. The smallest absolute Gasteiger partial charge is 0.244 e. The monoisotopic (exact) mass is 359 g/mol. The van der Waals surface area contributed by atoms with Gasteiger partial charge in [-0.3, -0.25) is 4.79 Å². The van der Waals surface area contributed by atoms with Gasteiger partial charge >= 0.3 is 0 Å². The van der Waals surface area contributed by atoms with E-state index in [2.05, 4.69) is 29.2 Å². The van der Waals surface area contributed by atoms with Gasteiger partial charge in [-0.2, -0.15) is 0 Å². The highest BCUT2D eigenvalue weighted by atomic mass is 35.5. The molecule has 3 rings (SSSR count). The Morgan fingerprint density at radius 1 is 1.16 bits per heavy atom. The van der Waals surface area contributed by atoms with Gasteiger partial charge in [-0.05, 0) is 36.1 Å². The fraction of sp³-hybridized carbons (Fsp3) is 0.350. The average Bonchev–Trinajstić information content (AvgIpc) is 3.11. The third kappa shape index (κ3) is 4.14. The van der Waals surface area contributed by atoms with Crippen molar-refractivity contribution in [2.75, 3.05) is 25.5 Å². The number of anilines is 1. The van der Waals surface area contributed by atoms with Crippen molar-refractivity contribution in [2.45, 2.75) is 24.9 Å². The number of likely N-dealkylation sites (tertiary alicyclic amines) is 1. The van der Waals surface area contributed by atoms with E-state index in [4.69, 9.17) is 5.73 Å². The van der Waals surface area contributed by atoms with Crippen molar-refractivity contribution in [1.82, 2.24) is 4.90 Å². The molecule has 1 heterocycles. The lowest BCUT2D eigenvalue weighted by Gasteiger charge is -2.28. The van der Waals surface area contributed by atoms with Crippen LogP contribution in [0, 0.1) is 0 Å². The third-order valence-electron chi connectivity index (χ3n) is 4.73. The first-order chi connectivity index (χ1) is 11.6. The molecule has 2 atom stereocenters. The van der Waals surface area contributed by atoms with Gasteiger partial charge in [0, 0.05) is 26.3 Å². The lowest BCUT2D eigenvalue weighted by Crippen LogP contribution is -2.38. The van der Waals surface area contributed by atoms with E-state index < -0.39 is 6.04 Å². The normalized spacial score (nSPS) is 17.7. The molecule has 0 aliphatic carbocycles. The van der Waals surface area contributed by atoms with Crippen LogP contribution < -0.4 is 10.6 Å². The van der Waals surface area contributed by atoms with Gasteiger partial charge in [0.2, 0.25) is 5.91 Å². The summed E-state index contributed by atoms with van der Waals surface area (Å²) in [5, 5.41) is 0. The lowest BCUT2D eigenvalue weighted by atomic mass is 10.0. The summed E-state index contributed by atoms with van der Waals surface area (Å²) in [6.45, 7) is 0.774. The molecule has 2 aromatic rings. The van der Waals surface area contributed by atoms with Gasteiger partial charge < -0.3 is 15.5 Å². The number of benzene rings is 2. The van der Waals surface area contributed by atoms with Crippen LogP contribution >= 0.6 is 12.4 Å². The molecule has 1 fully saturated rings. The van der Waals surface area contributed by atoms with E-state index in [0.717, 1.165) is 30.6 Å². The minimum absolute atomic E-state index is 0. The lowest BCUT2D eigenvalue weighted by molar-refractivity contribution is -0.133. The van der Waals surface area contributed by atoms with Crippen molar-refractivity contribution in [3.8, 4) is 0 Å². The summed E-state index contributed by atoms with van der Waals surface area (Å²) in [5.74, 6) is 0.0129. The van der Waals surface area contributed by atoms with Crippen LogP contribution in [0.4, 0.5) is 5.69 Å². The number of carbonyl (C=O) groups is 1. The third-order valence-corrected chi connectivity index (χ3v) is 4.73. The second-order valence-electron chi connectivity index (χ2n) is 6.57. The topological polar surface area (TPSA) is 49.6 Å². The number of amides is 1. The van der Waals surface area contributed by atoms with Crippen LogP contribution in [0.15, 0.2) is 54.6 Å². The first-order valence-corrected chi connectivity index (χ1v) is 8.46. The maximum absolute atomic E-state index is 12.9. The zero-order valence-electron chi connectivity index (χ0n) is 14.8. The number of hydrogen-bond donors (Lipinski definition) is 1. The number of carbonyl (C=O) groups excluding carboxylic acids is 1. The first-order valence-electron chi connectivity index (χ1n) is 8.46. The number of nitrogens with zero attached hydrogens (tertiary/aromatic N) is 2. The van der Waals surface area contributed by atoms with Gasteiger partial charge in [0.05, 0.1) is 6.04 Å². The molecule has 1 aliphatic rings. The Kier molecular flexibility index (Phi) is 6.45.